The molecule has 0 atom stereocenters. The highest BCUT2D eigenvalue weighted by molar-refractivity contribution is 6.01. The van der Waals surface area contributed by atoms with Crippen LogP contribution in [0.25, 0.3) is 0 Å². The molecular weight excluding hydrogens is 354 g/mol. The molecule has 9 heteroatoms. The van der Waals surface area contributed by atoms with E-state index in [0.717, 1.165) is 23.8 Å². The summed E-state index contributed by atoms with van der Waals surface area (Å²) in [6.07, 6.45) is 3.14. The number of carbonyl (C=O) groups is 2. The summed E-state index contributed by atoms with van der Waals surface area (Å²) in [4.78, 5) is 49.1. The molecule has 1 aromatic carbocycles. The van der Waals surface area contributed by atoms with Crippen LogP contribution in [-0.2, 0) is 29.4 Å². The van der Waals surface area contributed by atoms with Crippen molar-refractivity contribution in [3.63, 3.8) is 0 Å². The SMILES string of the molecule is Cn1c(N)c(C(=O)COC(=O)COc2ccc3c(c2)CCC3)c(=O)[nH]c1=O. The second kappa shape index (κ2) is 7.48. The van der Waals surface area contributed by atoms with Gasteiger partial charge in [0.1, 0.15) is 17.1 Å². The van der Waals surface area contributed by atoms with Crippen LogP contribution in [-0.4, -0.2) is 34.5 Å². The van der Waals surface area contributed by atoms with Crippen molar-refractivity contribution >= 4 is 17.6 Å². The molecule has 27 heavy (non-hydrogen) atoms. The van der Waals surface area contributed by atoms with Gasteiger partial charge >= 0.3 is 11.7 Å². The summed E-state index contributed by atoms with van der Waals surface area (Å²) < 4.78 is 11.2. The standard InChI is InChI=1S/C18H19N3O6/c1-21-16(19)15(17(24)20-18(21)25)13(22)8-27-14(23)9-26-12-6-5-10-3-2-4-11(10)7-12/h5-7H,2-4,8-9,19H2,1H3,(H,20,24,25). The van der Waals surface area contributed by atoms with Crippen molar-refractivity contribution in [2.45, 2.75) is 19.3 Å². The molecule has 0 amide bonds. The molecule has 0 aliphatic heterocycles. The molecule has 2 aromatic rings. The van der Waals surface area contributed by atoms with Crippen LogP contribution in [0, 0.1) is 0 Å². The van der Waals surface area contributed by atoms with Crippen LogP contribution in [0.15, 0.2) is 27.8 Å². The number of nitrogens with two attached hydrogens (primary N) is 1. The van der Waals surface area contributed by atoms with E-state index in [2.05, 4.69) is 0 Å². The average molecular weight is 373 g/mol. The molecule has 142 valence electrons. The van der Waals surface area contributed by atoms with Crippen molar-refractivity contribution in [3.8, 4) is 5.75 Å². The fourth-order valence-electron chi connectivity index (χ4n) is 2.95. The van der Waals surface area contributed by atoms with Crippen molar-refractivity contribution in [3.05, 3.63) is 55.7 Å². The number of nitrogens with one attached hydrogen (secondary N) is 1. The maximum Gasteiger partial charge on any atom is 0.344 e. The summed E-state index contributed by atoms with van der Waals surface area (Å²) >= 11 is 0. The second-order valence-electron chi connectivity index (χ2n) is 6.24. The minimum atomic E-state index is -0.925. The largest absolute Gasteiger partial charge is 0.482 e. The molecule has 0 bridgehead atoms. The number of hydrogen-bond acceptors (Lipinski definition) is 7. The van der Waals surface area contributed by atoms with Crippen molar-refractivity contribution in [2.75, 3.05) is 18.9 Å². The van der Waals surface area contributed by atoms with Gasteiger partial charge in [-0.1, -0.05) is 6.07 Å². The Bertz CT molecular complexity index is 1020. The van der Waals surface area contributed by atoms with Gasteiger partial charge in [-0.15, -0.1) is 0 Å². The molecule has 1 aromatic heterocycles. The van der Waals surface area contributed by atoms with Gasteiger partial charge in [-0.3, -0.25) is 19.1 Å². The number of aromatic nitrogens is 2. The first-order chi connectivity index (χ1) is 12.9. The number of aromatic amines is 1. The third-order valence-corrected chi connectivity index (χ3v) is 4.44. The zero-order chi connectivity index (χ0) is 19.6. The van der Waals surface area contributed by atoms with Crippen molar-refractivity contribution < 1.29 is 19.1 Å². The summed E-state index contributed by atoms with van der Waals surface area (Å²) in [7, 11) is 1.31. The molecule has 0 unspecified atom stereocenters. The van der Waals surface area contributed by atoms with Crippen LogP contribution < -0.4 is 21.7 Å². The molecule has 0 fully saturated rings. The van der Waals surface area contributed by atoms with Gasteiger partial charge < -0.3 is 15.2 Å². The van der Waals surface area contributed by atoms with Crippen LogP contribution in [0.5, 0.6) is 5.75 Å². The van der Waals surface area contributed by atoms with Gasteiger partial charge in [-0.05, 0) is 42.5 Å². The fourth-order valence-corrected chi connectivity index (χ4v) is 2.95. The zero-order valence-electron chi connectivity index (χ0n) is 14.7. The molecule has 1 aliphatic carbocycles. The topological polar surface area (TPSA) is 133 Å². The number of benzene rings is 1. The highest BCUT2D eigenvalue weighted by atomic mass is 16.6. The molecule has 1 heterocycles. The Labute approximate surface area is 153 Å². The fraction of sp³-hybridized carbons (Fsp3) is 0.333. The first kappa shape index (κ1) is 18.4. The summed E-state index contributed by atoms with van der Waals surface area (Å²) in [6, 6.07) is 5.65. The van der Waals surface area contributed by atoms with Crippen LogP contribution in [0.2, 0.25) is 0 Å². The van der Waals surface area contributed by atoms with Crippen molar-refractivity contribution in [1.82, 2.24) is 9.55 Å². The number of esters is 1. The van der Waals surface area contributed by atoms with E-state index in [4.69, 9.17) is 15.2 Å². The summed E-state index contributed by atoms with van der Waals surface area (Å²) in [5, 5.41) is 0. The Hall–Kier alpha value is -3.36. The Morgan fingerprint density at radius 1 is 1.19 bits per heavy atom. The van der Waals surface area contributed by atoms with Crippen LogP contribution in [0.4, 0.5) is 5.82 Å². The molecule has 9 nitrogen and oxygen atoms in total. The minimum Gasteiger partial charge on any atom is -0.482 e. The van der Waals surface area contributed by atoms with Gasteiger partial charge in [0.05, 0.1) is 0 Å². The van der Waals surface area contributed by atoms with E-state index in [-0.39, 0.29) is 12.4 Å². The van der Waals surface area contributed by atoms with Gasteiger partial charge in [-0.2, -0.15) is 0 Å². The third kappa shape index (κ3) is 3.91. The van der Waals surface area contributed by atoms with Gasteiger partial charge in [0.25, 0.3) is 5.56 Å². The van der Waals surface area contributed by atoms with Gasteiger partial charge in [0, 0.05) is 7.05 Å². The van der Waals surface area contributed by atoms with Gasteiger partial charge in [0.15, 0.2) is 13.2 Å². The number of nitrogen functional groups attached to an aromatic ring is 1. The van der Waals surface area contributed by atoms with Crippen molar-refractivity contribution in [1.29, 1.82) is 0 Å². The van der Waals surface area contributed by atoms with E-state index in [1.807, 2.05) is 17.1 Å². The third-order valence-electron chi connectivity index (χ3n) is 4.44. The molecule has 3 N–H and O–H groups in total. The Morgan fingerprint density at radius 2 is 1.93 bits per heavy atom. The molecule has 3 rings (SSSR count). The van der Waals surface area contributed by atoms with E-state index < -0.39 is 35.2 Å². The van der Waals surface area contributed by atoms with E-state index in [0.29, 0.717) is 5.75 Å². The first-order valence-electron chi connectivity index (χ1n) is 8.39. The van der Waals surface area contributed by atoms with Crippen LogP contribution in [0.3, 0.4) is 0 Å². The minimum absolute atomic E-state index is 0.292. The maximum atomic E-state index is 12.1. The number of ketones is 1. The quantitative estimate of drug-likeness (QED) is 0.535. The molecule has 0 spiro atoms. The highest BCUT2D eigenvalue weighted by Gasteiger charge is 2.20. The van der Waals surface area contributed by atoms with E-state index in [1.165, 1.54) is 18.2 Å². The highest BCUT2D eigenvalue weighted by Crippen LogP contribution is 2.25. The smallest absolute Gasteiger partial charge is 0.344 e. The van der Waals surface area contributed by atoms with Gasteiger partial charge in [0.2, 0.25) is 5.78 Å². The van der Waals surface area contributed by atoms with E-state index in [9.17, 15) is 19.2 Å². The number of H-pyrrole nitrogens is 1. The predicted octanol–water partition coefficient (Wildman–Crippen LogP) is -0.0506. The number of anilines is 1. The average Bonchev–Trinajstić information content (AvgIpc) is 3.10. The summed E-state index contributed by atoms with van der Waals surface area (Å²) in [6.45, 7) is -1.05. The number of Topliss-reactive ketones (excluding diaryl/α,β-unsaturated/α-hetero) is 1. The number of fused-ring (bicyclic) bond motifs is 1. The number of nitrogens with zero attached hydrogens (tertiary/aromatic N) is 1. The Kier molecular flexibility index (Phi) is 5.11. The lowest BCUT2D eigenvalue weighted by Gasteiger charge is -2.09. The first-order valence-corrected chi connectivity index (χ1v) is 8.39. The lowest BCUT2D eigenvalue weighted by molar-refractivity contribution is -0.144. The molecule has 0 radical (unpaired) electrons. The second-order valence-corrected chi connectivity index (χ2v) is 6.24. The predicted molar refractivity (Wildman–Crippen MR) is 96.0 cm³/mol. The van der Waals surface area contributed by atoms with Crippen LogP contribution >= 0.6 is 0 Å². The summed E-state index contributed by atoms with van der Waals surface area (Å²) in [5.74, 6) is -1.31. The zero-order valence-corrected chi connectivity index (χ0v) is 14.7. The molecule has 1 aliphatic rings. The number of hydrogen-bond donors (Lipinski definition) is 2. The lowest BCUT2D eigenvalue weighted by atomic mass is 10.1. The molecule has 0 saturated carbocycles. The molecule has 0 saturated heterocycles. The normalized spacial score (nSPS) is 12.5. The number of ether oxygens (including phenoxy) is 2. The number of aryl methyl sites for hydroxylation is 2. The Balaban J connectivity index is 1.56. The summed E-state index contributed by atoms with van der Waals surface area (Å²) in [5.41, 5.74) is 6.03. The van der Waals surface area contributed by atoms with E-state index in [1.54, 1.807) is 6.07 Å². The van der Waals surface area contributed by atoms with E-state index >= 15 is 0 Å². The lowest BCUT2D eigenvalue weighted by Crippen LogP contribution is -2.36. The maximum absolute atomic E-state index is 12.1. The van der Waals surface area contributed by atoms with Crippen molar-refractivity contribution in [2.24, 2.45) is 7.05 Å². The number of carbonyl (C=O) groups excluding carboxylic acids is 2. The van der Waals surface area contributed by atoms with Gasteiger partial charge in [-0.25, -0.2) is 9.59 Å². The number of rotatable bonds is 6. The van der Waals surface area contributed by atoms with Crippen LogP contribution in [0.1, 0.15) is 27.9 Å². The molecular formula is C18H19N3O6. The monoisotopic (exact) mass is 373 g/mol. The Morgan fingerprint density at radius 3 is 2.70 bits per heavy atom.